The Balaban J connectivity index is 0.00000160. The number of hydrogen-bond acceptors (Lipinski definition) is 1. The molecule has 0 saturated heterocycles. The van der Waals surface area contributed by atoms with Crippen molar-refractivity contribution in [2.24, 2.45) is 0 Å². The zero-order valence-electron chi connectivity index (χ0n) is 16.3. The average Bonchev–Trinajstić information content (AvgIpc) is 3.40. The molecule has 0 N–H and O–H groups in total. The third-order valence-electron chi connectivity index (χ3n) is 4.20. The number of halogens is 13. The summed E-state index contributed by atoms with van der Waals surface area (Å²) in [6.07, 6.45) is 2.84. The first-order chi connectivity index (χ1) is 14.7. The molecular weight excluding hydrogens is 547 g/mol. The molecule has 10 radical (unpaired) electrons. The fourth-order valence-electron chi connectivity index (χ4n) is 2.25. The Hall–Kier alpha value is -0.721. The van der Waals surface area contributed by atoms with Crippen molar-refractivity contribution >= 4 is 5.78 Å². The topological polar surface area (TPSA) is 17.1 Å². The van der Waals surface area contributed by atoms with Gasteiger partial charge >= 0.3 is 52.9 Å². The van der Waals surface area contributed by atoms with Gasteiger partial charge in [-0.2, -0.15) is 57.1 Å². The molecule has 2 aliphatic rings. The van der Waals surface area contributed by atoms with Crippen molar-refractivity contribution in [2.75, 3.05) is 0 Å². The number of hydrogen-bond donors (Lipinski definition) is 0. The number of rotatable bonds is 8. The van der Waals surface area contributed by atoms with Crippen LogP contribution in [-0.4, -0.2) is 41.6 Å². The van der Waals surface area contributed by atoms with Crippen LogP contribution >= 0.6 is 0 Å². The second kappa shape index (κ2) is 11.6. The molecule has 2 aliphatic carbocycles. The molecule has 0 aromatic rings. The Morgan fingerprint density at radius 1 is 0.559 bits per heavy atom. The largest absolute Gasteiger partial charge is 2.00 e. The summed E-state index contributed by atoms with van der Waals surface area (Å²) < 4.78 is 167. The quantitative estimate of drug-likeness (QED) is 0.245. The van der Waals surface area contributed by atoms with Gasteiger partial charge in [-0.1, -0.05) is 0 Å². The summed E-state index contributed by atoms with van der Waals surface area (Å²) in [6.45, 7) is 0. The van der Waals surface area contributed by atoms with E-state index in [1.165, 1.54) is 12.8 Å². The second-order valence-electron chi connectivity index (χ2n) is 6.56. The van der Waals surface area contributed by atoms with Crippen molar-refractivity contribution in [2.45, 2.75) is 48.6 Å². The Bertz CT molecular complexity index is 643. The summed E-state index contributed by atoms with van der Waals surface area (Å²) >= 11 is 0. The van der Waals surface area contributed by atoms with E-state index < -0.39 is 54.4 Å². The van der Waals surface area contributed by atoms with Crippen LogP contribution in [0.2, 0.25) is 0 Å². The summed E-state index contributed by atoms with van der Waals surface area (Å²) in [5, 5.41) is 0. The molecule has 0 aromatic heterocycles. The van der Waals surface area contributed by atoms with E-state index in [1.54, 1.807) is 0 Å². The summed E-state index contributed by atoms with van der Waals surface area (Å²) in [5.41, 5.74) is 0. The van der Waals surface area contributed by atoms with Crippen LogP contribution in [0.5, 0.6) is 0 Å². The first-order valence-electron chi connectivity index (χ1n) is 8.61. The number of alkyl halides is 13. The third kappa shape index (κ3) is 6.53. The molecule has 34 heavy (non-hydrogen) atoms. The van der Waals surface area contributed by atoms with Gasteiger partial charge in [0.25, 0.3) is 0 Å². The van der Waals surface area contributed by atoms with Crippen molar-refractivity contribution in [3.63, 3.8) is 0 Å². The zero-order valence-corrected chi connectivity index (χ0v) is 17.4. The Morgan fingerprint density at radius 3 is 1.26 bits per heavy atom. The van der Waals surface area contributed by atoms with Gasteiger partial charge in [-0.3, -0.25) is 4.79 Å². The molecule has 1 nitrogen and oxygen atoms in total. The molecule has 0 heterocycles. The van der Waals surface area contributed by atoms with Gasteiger partial charge in [0, 0.05) is 18.8 Å². The minimum Gasteiger partial charge on any atom is -0.299 e. The molecule has 0 spiro atoms. The predicted octanol–water partition coefficient (Wildman–Crippen LogP) is 6.50. The molecule has 2 saturated carbocycles. The van der Waals surface area contributed by atoms with E-state index in [2.05, 4.69) is 0 Å². The fourth-order valence-corrected chi connectivity index (χ4v) is 2.25. The van der Waals surface area contributed by atoms with Gasteiger partial charge in [0.1, 0.15) is 5.78 Å². The van der Waals surface area contributed by atoms with Gasteiger partial charge in [0.05, 0.1) is 0 Å². The fraction of sp³-hybridized carbons (Fsp3) is 0.421. The van der Waals surface area contributed by atoms with Crippen LogP contribution in [0.4, 0.5) is 57.1 Å². The van der Waals surface area contributed by atoms with Crippen molar-refractivity contribution < 1.29 is 78.9 Å². The Labute approximate surface area is 197 Å². The van der Waals surface area contributed by atoms with Crippen LogP contribution in [0.1, 0.15) is 12.8 Å². The summed E-state index contributed by atoms with van der Waals surface area (Å²) in [7, 11) is 0. The SMILES string of the molecule is O=C(CCC(F)(F)C(F)(F)C(F)(F)C(F)(F)C(F)(F)C(F)(F)F)[C]1[CH][CH][CH][CH]1.[CH]1[CH][CH][CH][CH]1.[Fe+2]. The zero-order chi connectivity index (χ0) is 25.9. The first kappa shape index (κ1) is 33.3. The molecule has 0 atom stereocenters. The molecule has 0 aliphatic heterocycles. The summed E-state index contributed by atoms with van der Waals surface area (Å²) in [4.78, 5) is 11.4. The Morgan fingerprint density at radius 2 is 0.912 bits per heavy atom. The molecule has 0 bridgehead atoms. The van der Waals surface area contributed by atoms with Crippen LogP contribution in [0, 0.1) is 63.7 Å². The molecule has 192 valence electrons. The van der Waals surface area contributed by atoms with Crippen LogP contribution in [0.3, 0.4) is 0 Å². The summed E-state index contributed by atoms with van der Waals surface area (Å²) in [5.74, 6) is -38.7. The van der Waals surface area contributed by atoms with Gasteiger partial charge < -0.3 is 0 Å². The standard InChI is InChI=1S/C14H8F13O.C5H5.Fe/c15-9(16,6-5-8(28)7-3-1-2-4-7)10(17,18)11(19,20)12(21,22)13(23,24)14(25,26)27;1-2-4-5-3-1;/h1-4H,5-6H2;1-5H;/q;;+2. The minimum absolute atomic E-state index is 0. The van der Waals surface area contributed by atoms with E-state index in [1.807, 2.05) is 32.1 Å². The number of carbonyl (C=O) groups is 1. The van der Waals surface area contributed by atoms with Gasteiger partial charge in [-0.25, -0.2) is 0 Å². The van der Waals surface area contributed by atoms with E-state index in [0.717, 1.165) is 12.8 Å². The normalized spacial score (nSPS) is 18.9. The first-order valence-corrected chi connectivity index (χ1v) is 8.61. The number of ketones is 1. The molecule has 2 rings (SSSR count). The van der Waals surface area contributed by atoms with Crippen molar-refractivity contribution in [1.82, 2.24) is 0 Å². The van der Waals surface area contributed by atoms with Gasteiger partial charge in [0.2, 0.25) is 0 Å². The maximum atomic E-state index is 13.5. The maximum Gasteiger partial charge on any atom is 2.00 e. The minimum atomic E-state index is -7.93. The average molecular weight is 560 g/mol. The molecule has 0 aromatic carbocycles. The molecule has 0 amide bonds. The summed E-state index contributed by atoms with van der Waals surface area (Å²) in [6, 6.07) is 0. The monoisotopic (exact) mass is 560 g/mol. The molecule has 2 fully saturated rings. The molecule has 0 unspecified atom stereocenters. The van der Waals surface area contributed by atoms with Gasteiger partial charge in [-0.15, -0.1) is 0 Å². The number of carbonyl (C=O) groups excluding carboxylic acids is 1. The number of Topliss-reactive ketones (excluding diaryl/α,β-unsaturated/α-hetero) is 1. The molecular formula is C19H13F13FeO+2. The Kier molecular flexibility index (Phi) is 11.3. The van der Waals surface area contributed by atoms with E-state index in [-0.39, 0.29) is 23.0 Å². The predicted molar refractivity (Wildman–Crippen MR) is 87.0 cm³/mol. The van der Waals surface area contributed by atoms with Crippen LogP contribution in [0.25, 0.3) is 0 Å². The van der Waals surface area contributed by atoms with Crippen molar-refractivity contribution in [3.05, 3.63) is 63.7 Å². The van der Waals surface area contributed by atoms with Crippen molar-refractivity contribution in [3.8, 4) is 0 Å². The van der Waals surface area contributed by atoms with Crippen LogP contribution in [0.15, 0.2) is 0 Å². The van der Waals surface area contributed by atoms with Gasteiger partial charge in [0.15, 0.2) is 0 Å². The van der Waals surface area contributed by atoms with Crippen LogP contribution in [-0.2, 0) is 21.9 Å². The van der Waals surface area contributed by atoms with Gasteiger partial charge in [-0.05, 0) is 57.8 Å². The van der Waals surface area contributed by atoms with E-state index in [0.29, 0.717) is 0 Å². The van der Waals surface area contributed by atoms with Crippen molar-refractivity contribution in [1.29, 1.82) is 0 Å². The third-order valence-corrected chi connectivity index (χ3v) is 4.20. The maximum absolute atomic E-state index is 13.5. The molecule has 15 heteroatoms. The van der Waals surface area contributed by atoms with E-state index >= 15 is 0 Å². The van der Waals surface area contributed by atoms with Crippen LogP contribution < -0.4 is 0 Å². The van der Waals surface area contributed by atoms with E-state index in [4.69, 9.17) is 0 Å². The smallest absolute Gasteiger partial charge is 0.299 e. The second-order valence-corrected chi connectivity index (χ2v) is 6.56. The van der Waals surface area contributed by atoms with E-state index in [9.17, 15) is 61.9 Å².